The predicted molar refractivity (Wildman–Crippen MR) is 256 cm³/mol. The van der Waals surface area contributed by atoms with E-state index >= 15 is 0 Å². The second-order valence-electron chi connectivity index (χ2n) is 18.6. The Balaban J connectivity index is 0.991. The molecule has 0 unspecified atom stereocenters. The number of nitrogens with two attached hydrogens (primary N) is 4. The van der Waals surface area contributed by atoms with Crippen LogP contribution in [0.3, 0.4) is 0 Å². The second-order valence-corrected chi connectivity index (χ2v) is 21.8. The smallest absolute Gasteiger partial charge is 0.264 e. The molecule has 3 aromatic carbocycles. The first-order valence-electron chi connectivity index (χ1n) is 22.1. The van der Waals surface area contributed by atoms with Crippen molar-refractivity contribution in [3.63, 3.8) is 0 Å². The van der Waals surface area contributed by atoms with Crippen LogP contribution >= 0.6 is 0 Å². The lowest BCUT2D eigenvalue weighted by atomic mass is 9.94. The molecular weight excluding hydrogens is 885 g/mol. The third-order valence-electron chi connectivity index (χ3n) is 12.1. The van der Waals surface area contributed by atoms with Crippen molar-refractivity contribution in [1.29, 1.82) is 0 Å². The Morgan fingerprint density at radius 1 is 0.606 bits per heavy atom. The van der Waals surface area contributed by atoms with Gasteiger partial charge in [0.1, 0.15) is 22.7 Å². The van der Waals surface area contributed by atoms with Crippen molar-refractivity contribution < 1.29 is 35.9 Å². The number of carbonyl (C=O) groups is 2. The molecule has 2 amide bonds. The summed E-state index contributed by atoms with van der Waals surface area (Å²) in [6.45, 7) is 19.4. The number of aliphatic imine (C=N–C) groups is 2. The zero-order chi connectivity index (χ0) is 49.1. The number of rotatable bonds is 18. The van der Waals surface area contributed by atoms with Gasteiger partial charge in [-0.1, -0.05) is 24.3 Å². The van der Waals surface area contributed by atoms with Crippen LogP contribution in [0.25, 0.3) is 0 Å². The Bertz CT molecular complexity index is 2460. The summed E-state index contributed by atoms with van der Waals surface area (Å²) in [5.41, 5.74) is 30.7. The van der Waals surface area contributed by atoms with Crippen molar-refractivity contribution in [3.8, 4) is 11.5 Å². The lowest BCUT2D eigenvalue weighted by Crippen LogP contribution is -2.40. The summed E-state index contributed by atoms with van der Waals surface area (Å²) in [5.74, 6) is 0.246. The fourth-order valence-electron chi connectivity index (χ4n) is 8.44. The van der Waals surface area contributed by atoms with E-state index in [0.717, 1.165) is 44.9 Å². The summed E-state index contributed by atoms with van der Waals surface area (Å²) < 4.78 is 70.8. The fraction of sp³-hybridized carbons (Fsp3) is 0.522. The van der Waals surface area contributed by atoms with E-state index in [1.54, 1.807) is 27.7 Å². The van der Waals surface area contributed by atoms with Gasteiger partial charge in [0.15, 0.2) is 0 Å². The number of hydrogen-bond donors (Lipinski definition) is 8. The van der Waals surface area contributed by atoms with Crippen molar-refractivity contribution in [2.75, 3.05) is 13.1 Å². The average molecular weight is 953 g/mol. The number of sulfonamides is 2. The first-order chi connectivity index (χ1) is 30.6. The molecule has 0 radical (unpaired) electrons. The molecule has 18 nitrogen and oxygen atoms in total. The minimum Gasteiger partial charge on any atom is -0.487 e. The predicted octanol–water partition coefficient (Wildman–Crippen LogP) is 3.00. The molecule has 2 aliphatic heterocycles. The monoisotopic (exact) mass is 952 g/mol. The summed E-state index contributed by atoms with van der Waals surface area (Å²) in [6, 6.07) is 5.67. The maximum Gasteiger partial charge on any atom is 0.264 e. The highest BCUT2D eigenvalue weighted by atomic mass is 32.2. The number of fused-ring (bicyclic) bond motifs is 2. The Morgan fingerprint density at radius 2 is 0.939 bits per heavy atom. The van der Waals surface area contributed by atoms with E-state index in [4.69, 9.17) is 32.4 Å². The Labute approximate surface area is 389 Å². The maximum atomic E-state index is 13.4. The SMILES string of the molecule is Cc1c(C)c(S(=O)(=O)NC(N)=NCCC[C@H](N)C(=O)NCc2ccc(CNC(=O)[C@@H](N)CCCN=C(N)NS(=O)(=O)c3c(C)c(C)c4c(c3C)CC(C)(C)O4)cc2)c(C)c2c1OC(C)(C)C2. The van der Waals surface area contributed by atoms with E-state index in [9.17, 15) is 26.4 Å². The van der Waals surface area contributed by atoms with Gasteiger partial charge in [0, 0.05) is 50.1 Å². The van der Waals surface area contributed by atoms with Crippen LogP contribution in [0.15, 0.2) is 44.0 Å². The van der Waals surface area contributed by atoms with E-state index < -0.39 is 43.3 Å². The zero-order valence-corrected chi connectivity index (χ0v) is 41.5. The Morgan fingerprint density at radius 3 is 1.27 bits per heavy atom. The summed E-state index contributed by atoms with van der Waals surface area (Å²) in [7, 11) is -8.07. The van der Waals surface area contributed by atoms with Crippen molar-refractivity contribution in [3.05, 3.63) is 79.9 Å². The molecule has 2 aliphatic rings. The molecule has 0 saturated heterocycles. The highest BCUT2D eigenvalue weighted by Gasteiger charge is 2.38. The van der Waals surface area contributed by atoms with Crippen LogP contribution in [-0.2, 0) is 55.6 Å². The zero-order valence-electron chi connectivity index (χ0n) is 39.8. The topological polar surface area (TPSA) is 298 Å². The number of amides is 2. The van der Waals surface area contributed by atoms with Crippen molar-refractivity contribution in [2.24, 2.45) is 32.9 Å². The first kappa shape index (κ1) is 51.5. The molecule has 0 aliphatic carbocycles. The van der Waals surface area contributed by atoms with E-state index in [1.165, 1.54) is 0 Å². The fourth-order valence-corrected chi connectivity index (χ4v) is 11.5. The standard InChI is InChI=1S/C46H68N10O8S2/c1-25-27(3)39(29(5)33-21-45(7,8)63-37(25)33)65(59,60)55-43(49)51-19-11-13-35(47)41(57)53-23-31-15-17-32(18-16-31)24-54-42(58)36(48)14-12-20-52-44(50)56-66(61,62)40-28(4)26(2)38-34(30(40)6)22-46(9,10)64-38/h15-18,35-36H,11-14,19-24,47-48H2,1-10H3,(H,53,57)(H,54,58)(H3,49,51,55)(H3,50,52,56)/t35-,36-/m0/s1. The molecule has 362 valence electrons. The van der Waals surface area contributed by atoms with Gasteiger partial charge in [0.05, 0.1) is 21.9 Å². The lowest BCUT2D eigenvalue weighted by Gasteiger charge is -2.19. The van der Waals surface area contributed by atoms with Crippen LogP contribution in [0, 0.1) is 41.5 Å². The molecule has 0 aromatic heterocycles. The third kappa shape index (κ3) is 12.1. The summed E-state index contributed by atoms with van der Waals surface area (Å²) in [4.78, 5) is 34.1. The highest BCUT2D eigenvalue weighted by Crippen LogP contribution is 2.45. The minimum absolute atomic E-state index is 0.156. The van der Waals surface area contributed by atoms with Gasteiger partial charge in [-0.15, -0.1) is 0 Å². The molecule has 5 rings (SSSR count). The van der Waals surface area contributed by atoms with E-state index in [-0.39, 0.29) is 59.7 Å². The largest absolute Gasteiger partial charge is 0.487 e. The van der Waals surface area contributed by atoms with E-state index in [0.29, 0.717) is 60.8 Å². The summed E-state index contributed by atoms with van der Waals surface area (Å²) >= 11 is 0. The van der Waals surface area contributed by atoms with Crippen LogP contribution < -0.4 is 52.5 Å². The van der Waals surface area contributed by atoms with Gasteiger partial charge in [-0.05, 0) is 139 Å². The van der Waals surface area contributed by atoms with Crippen LogP contribution in [0.5, 0.6) is 11.5 Å². The van der Waals surface area contributed by atoms with Gasteiger partial charge in [0.2, 0.25) is 23.7 Å². The molecule has 2 heterocycles. The number of nitrogens with zero attached hydrogens (tertiary/aromatic N) is 2. The highest BCUT2D eigenvalue weighted by molar-refractivity contribution is 7.90. The van der Waals surface area contributed by atoms with Gasteiger partial charge in [-0.2, -0.15) is 0 Å². The second kappa shape index (κ2) is 20.2. The number of benzene rings is 3. The van der Waals surface area contributed by atoms with Crippen LogP contribution in [0.4, 0.5) is 0 Å². The van der Waals surface area contributed by atoms with Gasteiger partial charge in [0.25, 0.3) is 20.0 Å². The number of carbonyl (C=O) groups excluding carboxylic acids is 2. The Hall–Kier alpha value is -5.44. The minimum atomic E-state index is -4.04. The lowest BCUT2D eigenvalue weighted by molar-refractivity contribution is -0.123. The van der Waals surface area contributed by atoms with Gasteiger partial charge < -0.3 is 43.0 Å². The Kier molecular flexibility index (Phi) is 15.8. The van der Waals surface area contributed by atoms with Gasteiger partial charge in [-0.25, -0.2) is 26.3 Å². The van der Waals surface area contributed by atoms with E-state index in [2.05, 4.69) is 30.1 Å². The average Bonchev–Trinajstić information content (AvgIpc) is 3.75. The molecule has 12 N–H and O–H groups in total. The summed E-state index contributed by atoms with van der Waals surface area (Å²) in [6.07, 6.45) is 2.54. The molecule has 2 atom stereocenters. The molecule has 0 saturated carbocycles. The van der Waals surface area contributed by atoms with Crippen LogP contribution in [0.1, 0.15) is 109 Å². The first-order valence-corrected chi connectivity index (χ1v) is 25.0. The molecule has 0 spiro atoms. The molecule has 20 heteroatoms. The molecule has 0 bridgehead atoms. The number of nitrogens with one attached hydrogen (secondary N) is 4. The number of hydrogen-bond acceptors (Lipinski definition) is 12. The molecular formula is C46H68N10O8S2. The molecule has 3 aromatic rings. The van der Waals surface area contributed by atoms with Crippen LogP contribution in [0.2, 0.25) is 0 Å². The van der Waals surface area contributed by atoms with Gasteiger partial charge in [-0.3, -0.25) is 19.6 Å². The van der Waals surface area contributed by atoms with Crippen molar-refractivity contribution in [1.82, 2.24) is 20.1 Å². The molecule has 66 heavy (non-hydrogen) atoms. The third-order valence-corrected chi connectivity index (χ3v) is 15.4. The quantitative estimate of drug-likeness (QED) is 0.0519. The summed E-state index contributed by atoms with van der Waals surface area (Å²) in [5, 5.41) is 5.64. The van der Waals surface area contributed by atoms with Gasteiger partial charge >= 0.3 is 0 Å². The van der Waals surface area contributed by atoms with Crippen LogP contribution in [-0.4, -0.2) is 76.9 Å². The van der Waals surface area contributed by atoms with Crippen molar-refractivity contribution >= 4 is 43.8 Å². The van der Waals surface area contributed by atoms with Crippen molar-refractivity contribution in [2.45, 2.75) is 154 Å². The number of guanidine groups is 2. The maximum absolute atomic E-state index is 13.4. The van der Waals surface area contributed by atoms with E-state index in [1.807, 2.05) is 65.8 Å². The number of ether oxygens (including phenoxy) is 2. The normalized spacial score (nSPS) is 16.4. The molecule has 0 fully saturated rings.